The first kappa shape index (κ1) is 19.1. The van der Waals surface area contributed by atoms with Crippen LogP contribution in [0.25, 0.3) is 11.0 Å². The van der Waals surface area contributed by atoms with E-state index < -0.39 is 0 Å². The molecule has 2 aromatic carbocycles. The van der Waals surface area contributed by atoms with Gasteiger partial charge in [-0.3, -0.25) is 13.9 Å². The highest BCUT2D eigenvalue weighted by Gasteiger charge is 2.27. The van der Waals surface area contributed by atoms with Crippen LogP contribution in [0, 0.1) is 11.3 Å². The molecule has 0 bridgehead atoms. The summed E-state index contributed by atoms with van der Waals surface area (Å²) in [5, 5.41) is 9.77. The number of hydrogen-bond acceptors (Lipinski definition) is 4. The van der Waals surface area contributed by atoms with E-state index in [-0.39, 0.29) is 11.7 Å². The maximum atomic E-state index is 13.4. The number of benzene rings is 2. The lowest BCUT2D eigenvalue weighted by Crippen LogP contribution is -2.29. The van der Waals surface area contributed by atoms with Crippen LogP contribution in [0.1, 0.15) is 23.6 Å². The average molecular weight is 411 g/mol. The van der Waals surface area contributed by atoms with Crippen LogP contribution in [0.3, 0.4) is 0 Å². The molecule has 1 aromatic heterocycles. The second kappa shape index (κ2) is 7.64. The van der Waals surface area contributed by atoms with Crippen LogP contribution < -0.4 is 10.4 Å². The van der Waals surface area contributed by atoms with Gasteiger partial charge in [0.05, 0.1) is 47.4 Å². The van der Waals surface area contributed by atoms with Crippen molar-refractivity contribution < 1.29 is 9.53 Å². The van der Waals surface area contributed by atoms with Crippen molar-refractivity contribution in [1.29, 1.82) is 5.26 Å². The lowest BCUT2D eigenvalue weighted by Gasteiger charge is -2.12. The molecule has 1 unspecified atom stereocenters. The zero-order valence-electron chi connectivity index (χ0n) is 15.8. The van der Waals surface area contributed by atoms with Crippen molar-refractivity contribution in [3.63, 3.8) is 0 Å². The molecule has 148 valence electrons. The Morgan fingerprint density at radius 3 is 2.76 bits per heavy atom. The van der Waals surface area contributed by atoms with Crippen LogP contribution in [0.15, 0.2) is 41.2 Å². The van der Waals surface area contributed by atoms with Crippen molar-refractivity contribution in [3.8, 4) is 11.8 Å². The molecule has 1 aliphatic rings. The Balaban J connectivity index is 1.83. The van der Waals surface area contributed by atoms with Crippen molar-refractivity contribution in [3.05, 3.63) is 63.0 Å². The smallest absolute Gasteiger partial charge is 0.329 e. The average Bonchev–Trinajstić information content (AvgIpc) is 3.30. The summed E-state index contributed by atoms with van der Waals surface area (Å²) < 4.78 is 8.58. The van der Waals surface area contributed by atoms with Crippen molar-refractivity contribution >= 4 is 29.0 Å². The Bertz CT molecular complexity index is 1190. The van der Waals surface area contributed by atoms with Gasteiger partial charge in [0.25, 0.3) is 0 Å². The minimum Gasteiger partial charge on any atom is -0.495 e. The summed E-state index contributed by atoms with van der Waals surface area (Å²) in [7, 11) is 1.55. The van der Waals surface area contributed by atoms with Crippen molar-refractivity contribution in [2.45, 2.75) is 19.0 Å². The zero-order valence-corrected chi connectivity index (χ0v) is 16.6. The molecule has 1 atom stereocenters. The molecule has 1 amide bonds. The molecule has 7 nitrogen and oxygen atoms in total. The van der Waals surface area contributed by atoms with E-state index in [1.54, 1.807) is 51.5 Å². The number of likely N-dealkylation sites (tertiary alicyclic amines) is 1. The third kappa shape index (κ3) is 3.36. The van der Waals surface area contributed by atoms with Crippen LogP contribution >= 0.6 is 11.6 Å². The molecule has 1 aliphatic heterocycles. The number of hydrogen-bond donors (Lipinski definition) is 0. The molecule has 1 saturated heterocycles. The van der Waals surface area contributed by atoms with Gasteiger partial charge in [0.15, 0.2) is 0 Å². The van der Waals surface area contributed by atoms with Gasteiger partial charge in [-0.2, -0.15) is 5.26 Å². The number of methoxy groups -OCH3 is 1. The minimum absolute atomic E-state index is 0.0937. The molecule has 4 rings (SSSR count). The van der Waals surface area contributed by atoms with Crippen LogP contribution in [0.4, 0.5) is 0 Å². The Kier molecular flexibility index (Phi) is 5.03. The number of carbonyl (C=O) groups excluding carboxylic acids is 1. The van der Waals surface area contributed by atoms with Crippen LogP contribution in [-0.4, -0.2) is 40.6 Å². The number of amides is 1. The Hall–Kier alpha value is -3.24. The lowest BCUT2D eigenvalue weighted by molar-refractivity contribution is -0.117. The molecule has 29 heavy (non-hydrogen) atoms. The summed E-state index contributed by atoms with van der Waals surface area (Å²) in [5.74, 6) is 0.567. The third-order valence-corrected chi connectivity index (χ3v) is 5.65. The summed E-state index contributed by atoms with van der Waals surface area (Å²) in [6.07, 6.45) is 1.53. The number of imidazole rings is 1. The van der Waals surface area contributed by atoms with Crippen molar-refractivity contribution in [2.24, 2.45) is 0 Å². The molecule has 0 spiro atoms. The largest absolute Gasteiger partial charge is 0.495 e. The van der Waals surface area contributed by atoms with E-state index in [1.807, 2.05) is 6.07 Å². The number of ether oxygens (including phenoxy) is 1. The maximum Gasteiger partial charge on any atom is 0.329 e. The molecule has 0 radical (unpaired) electrons. The minimum atomic E-state index is -0.167. The van der Waals surface area contributed by atoms with E-state index in [9.17, 15) is 14.9 Å². The number of nitrogens with zero attached hydrogens (tertiary/aromatic N) is 4. The first-order valence-electron chi connectivity index (χ1n) is 9.22. The number of carbonyl (C=O) groups is 1. The first-order valence-corrected chi connectivity index (χ1v) is 9.60. The van der Waals surface area contributed by atoms with E-state index in [0.717, 1.165) is 17.5 Å². The van der Waals surface area contributed by atoms with Crippen LogP contribution in [0.2, 0.25) is 5.02 Å². The van der Waals surface area contributed by atoms with Gasteiger partial charge in [-0.1, -0.05) is 17.7 Å². The van der Waals surface area contributed by atoms with Gasteiger partial charge in [0.1, 0.15) is 5.75 Å². The predicted octanol–water partition coefficient (Wildman–Crippen LogP) is 2.79. The number of nitriles is 1. The predicted molar refractivity (Wildman–Crippen MR) is 109 cm³/mol. The van der Waals surface area contributed by atoms with Crippen molar-refractivity contribution in [2.75, 3.05) is 20.2 Å². The Morgan fingerprint density at radius 2 is 2.10 bits per heavy atom. The third-order valence-electron chi connectivity index (χ3n) is 5.36. The molecular formula is C21H19ClN4O3. The van der Waals surface area contributed by atoms with Gasteiger partial charge in [0.2, 0.25) is 6.41 Å². The highest BCUT2D eigenvalue weighted by atomic mass is 35.5. The number of fused-ring (bicyclic) bond motifs is 1. The van der Waals surface area contributed by atoms with E-state index in [4.69, 9.17) is 16.3 Å². The fraction of sp³-hybridized carbons (Fsp3) is 0.286. The molecule has 1 fully saturated rings. The Morgan fingerprint density at radius 1 is 1.28 bits per heavy atom. The van der Waals surface area contributed by atoms with E-state index in [1.165, 1.54) is 0 Å². The number of aromatic nitrogens is 2. The summed E-state index contributed by atoms with van der Waals surface area (Å²) in [6.45, 7) is 1.43. The van der Waals surface area contributed by atoms with Gasteiger partial charge in [-0.15, -0.1) is 0 Å². The molecule has 0 saturated carbocycles. The topological polar surface area (TPSA) is 80.3 Å². The first-order chi connectivity index (χ1) is 14.0. The van der Waals surface area contributed by atoms with Crippen LogP contribution in [-0.2, 0) is 11.3 Å². The van der Waals surface area contributed by atoms with Gasteiger partial charge >= 0.3 is 5.69 Å². The summed E-state index contributed by atoms with van der Waals surface area (Å²) in [4.78, 5) is 26.2. The molecule has 3 aromatic rings. The number of halogens is 1. The summed E-state index contributed by atoms with van der Waals surface area (Å²) >= 11 is 6.24. The van der Waals surface area contributed by atoms with Crippen molar-refractivity contribution in [1.82, 2.24) is 14.0 Å². The molecular weight excluding hydrogens is 392 g/mol. The quantitative estimate of drug-likeness (QED) is 0.606. The zero-order chi connectivity index (χ0) is 20.5. The summed E-state index contributed by atoms with van der Waals surface area (Å²) in [5.41, 5.74) is 2.61. The molecule has 0 N–H and O–H groups in total. The second-order valence-electron chi connectivity index (χ2n) is 7.07. The normalized spacial score (nSPS) is 16.2. The SMILES string of the molecule is COc1ccc(Cn2c(=O)n(C3CCN(C=O)C3)c3ccc(C#N)cc32)cc1Cl. The highest BCUT2D eigenvalue weighted by Crippen LogP contribution is 2.28. The van der Waals surface area contributed by atoms with E-state index >= 15 is 0 Å². The fourth-order valence-electron chi connectivity index (χ4n) is 3.92. The van der Waals surface area contributed by atoms with E-state index in [2.05, 4.69) is 6.07 Å². The van der Waals surface area contributed by atoms with Gasteiger partial charge < -0.3 is 9.64 Å². The van der Waals surface area contributed by atoms with Gasteiger partial charge in [0, 0.05) is 13.1 Å². The van der Waals surface area contributed by atoms with Gasteiger partial charge in [-0.05, 0) is 42.3 Å². The van der Waals surface area contributed by atoms with Gasteiger partial charge in [-0.25, -0.2) is 4.79 Å². The fourth-order valence-corrected chi connectivity index (χ4v) is 4.20. The monoisotopic (exact) mass is 410 g/mol. The molecule has 2 heterocycles. The molecule has 0 aliphatic carbocycles. The van der Waals surface area contributed by atoms with E-state index in [0.29, 0.717) is 47.9 Å². The standard InChI is InChI=1S/C21H19ClN4O3/c1-29-20-5-3-15(8-17(20)22)11-25-19-9-14(10-23)2-4-18(19)26(21(25)28)16-6-7-24(12-16)13-27/h2-5,8-9,13,16H,6-7,11-12H2,1H3. The molecule has 8 heteroatoms. The number of rotatable bonds is 5. The maximum absolute atomic E-state index is 13.4. The highest BCUT2D eigenvalue weighted by molar-refractivity contribution is 6.32. The Labute approximate surface area is 172 Å². The lowest BCUT2D eigenvalue weighted by atomic mass is 10.2. The summed E-state index contributed by atoms with van der Waals surface area (Å²) in [6, 6.07) is 12.7. The second-order valence-corrected chi connectivity index (χ2v) is 7.47. The van der Waals surface area contributed by atoms with Crippen LogP contribution in [0.5, 0.6) is 5.75 Å².